The minimum absolute atomic E-state index is 0.172. The molecule has 3 aliphatic heterocycles. The zero-order valence-corrected chi connectivity index (χ0v) is 18.4. The highest BCUT2D eigenvalue weighted by Crippen LogP contribution is 2.54. The summed E-state index contributed by atoms with van der Waals surface area (Å²) in [5, 5.41) is 12.4. The fourth-order valence-electron chi connectivity index (χ4n) is 6.96. The lowest BCUT2D eigenvalue weighted by Crippen LogP contribution is -2.61. The van der Waals surface area contributed by atoms with Crippen LogP contribution in [0.25, 0.3) is 10.9 Å². The van der Waals surface area contributed by atoms with Gasteiger partial charge in [-0.1, -0.05) is 61.9 Å². The monoisotopic (exact) mass is 416 g/mol. The topological polar surface area (TPSA) is 37.6 Å². The Kier molecular flexibility index (Phi) is 4.71. The second-order valence-corrected chi connectivity index (χ2v) is 9.75. The SMILES string of the molecule is CC[C@@H]1CO[C@@H](O)[C@H]2[C@H]1C[C@H]1c3c(c4ccccc4n3C)C[C@@H]2N1Cc1ccccc1. The minimum atomic E-state index is -0.659. The summed E-state index contributed by atoms with van der Waals surface area (Å²) in [7, 11) is 2.24. The number of nitrogens with zero attached hydrogens (tertiary/aromatic N) is 2. The molecule has 1 aromatic heterocycles. The Morgan fingerprint density at radius 1 is 1.06 bits per heavy atom. The molecule has 0 spiro atoms. The zero-order chi connectivity index (χ0) is 21.1. The van der Waals surface area contributed by atoms with Gasteiger partial charge in [-0.15, -0.1) is 0 Å². The third-order valence-electron chi connectivity index (χ3n) is 8.40. The van der Waals surface area contributed by atoms with Crippen molar-refractivity contribution in [1.82, 2.24) is 9.47 Å². The number of hydrogen-bond donors (Lipinski definition) is 1. The van der Waals surface area contributed by atoms with Crippen molar-refractivity contribution < 1.29 is 9.84 Å². The van der Waals surface area contributed by atoms with Gasteiger partial charge in [0.05, 0.1) is 12.6 Å². The highest BCUT2D eigenvalue weighted by molar-refractivity contribution is 5.86. The van der Waals surface area contributed by atoms with E-state index in [4.69, 9.17) is 4.74 Å². The van der Waals surface area contributed by atoms with Crippen LogP contribution in [-0.4, -0.2) is 33.5 Å². The first-order valence-corrected chi connectivity index (χ1v) is 11.8. The molecule has 0 amide bonds. The summed E-state index contributed by atoms with van der Waals surface area (Å²) >= 11 is 0. The van der Waals surface area contributed by atoms with E-state index in [2.05, 4.69) is 78.0 Å². The van der Waals surface area contributed by atoms with Gasteiger partial charge in [-0.2, -0.15) is 0 Å². The molecule has 3 aromatic rings. The molecule has 1 N–H and O–H groups in total. The van der Waals surface area contributed by atoms with Gasteiger partial charge < -0.3 is 14.4 Å². The lowest BCUT2D eigenvalue weighted by Gasteiger charge is -2.57. The van der Waals surface area contributed by atoms with Gasteiger partial charge in [0.2, 0.25) is 0 Å². The van der Waals surface area contributed by atoms with E-state index in [1.165, 1.54) is 27.7 Å². The molecule has 4 heterocycles. The number of ether oxygens (including phenoxy) is 1. The molecule has 4 nitrogen and oxygen atoms in total. The van der Waals surface area contributed by atoms with Crippen LogP contribution in [0.4, 0.5) is 0 Å². The van der Waals surface area contributed by atoms with Crippen LogP contribution in [0.5, 0.6) is 0 Å². The number of aromatic nitrogens is 1. The highest BCUT2D eigenvalue weighted by Gasteiger charge is 2.54. The first kappa shape index (κ1) is 19.5. The third kappa shape index (κ3) is 2.92. The van der Waals surface area contributed by atoms with Crippen molar-refractivity contribution in [3.63, 3.8) is 0 Å². The summed E-state index contributed by atoms with van der Waals surface area (Å²) in [5.74, 6) is 1.22. The fourth-order valence-corrected chi connectivity index (χ4v) is 6.96. The summed E-state index contributed by atoms with van der Waals surface area (Å²) in [6.45, 7) is 3.89. The number of fused-ring (bicyclic) bond motifs is 8. The Labute approximate surface area is 184 Å². The van der Waals surface area contributed by atoms with E-state index in [1.54, 1.807) is 0 Å². The average molecular weight is 417 g/mol. The summed E-state index contributed by atoms with van der Waals surface area (Å²) in [4.78, 5) is 2.68. The van der Waals surface area contributed by atoms with E-state index < -0.39 is 6.29 Å². The maximum atomic E-state index is 11.0. The molecule has 3 aliphatic rings. The van der Waals surface area contributed by atoms with E-state index in [-0.39, 0.29) is 5.92 Å². The van der Waals surface area contributed by atoms with Crippen LogP contribution in [-0.2, 0) is 24.8 Å². The molecule has 0 radical (unpaired) electrons. The van der Waals surface area contributed by atoms with Gasteiger partial charge in [0.25, 0.3) is 0 Å². The van der Waals surface area contributed by atoms with Crippen LogP contribution in [0, 0.1) is 17.8 Å². The lowest BCUT2D eigenvalue weighted by molar-refractivity contribution is -0.235. The second kappa shape index (κ2) is 7.47. The lowest BCUT2D eigenvalue weighted by atomic mass is 9.64. The number of benzene rings is 2. The van der Waals surface area contributed by atoms with Crippen molar-refractivity contribution in [2.45, 2.75) is 51.1 Å². The molecule has 162 valence electrons. The first-order valence-electron chi connectivity index (χ1n) is 11.8. The van der Waals surface area contributed by atoms with Crippen LogP contribution in [0.15, 0.2) is 54.6 Å². The van der Waals surface area contributed by atoms with Crippen LogP contribution in [0.2, 0.25) is 0 Å². The second-order valence-electron chi connectivity index (χ2n) is 9.75. The van der Waals surface area contributed by atoms with Crippen LogP contribution < -0.4 is 0 Å². The summed E-state index contributed by atoms with van der Waals surface area (Å²) < 4.78 is 8.39. The predicted molar refractivity (Wildman–Crippen MR) is 122 cm³/mol. The third-order valence-corrected chi connectivity index (χ3v) is 8.40. The molecule has 2 aromatic carbocycles. The van der Waals surface area contributed by atoms with E-state index in [0.29, 0.717) is 30.5 Å². The van der Waals surface area contributed by atoms with Gasteiger partial charge in [-0.25, -0.2) is 0 Å². The van der Waals surface area contributed by atoms with E-state index >= 15 is 0 Å². The normalized spacial score (nSPS) is 32.6. The maximum absolute atomic E-state index is 11.0. The van der Waals surface area contributed by atoms with E-state index in [9.17, 15) is 5.11 Å². The minimum Gasteiger partial charge on any atom is -0.368 e. The standard InChI is InChI=1S/C27H32N2O2/c1-3-18-16-31-27(30)25-20(18)13-24-26-21(19-11-7-8-12-22(19)28(26)2)14-23(25)29(24)15-17-9-5-4-6-10-17/h4-12,18,20,23-25,27,30H,3,13-16H2,1-2H3/t18-,20+,23+,24+,25+,27-/m1/s1. The summed E-state index contributed by atoms with van der Waals surface area (Å²) in [6, 6.07) is 20.3. The van der Waals surface area contributed by atoms with Gasteiger partial charge in [-0.3, -0.25) is 4.90 Å². The highest BCUT2D eigenvalue weighted by atomic mass is 16.6. The Morgan fingerprint density at radius 3 is 2.65 bits per heavy atom. The number of piperidine rings is 1. The van der Waals surface area contributed by atoms with Crippen molar-refractivity contribution in [1.29, 1.82) is 0 Å². The van der Waals surface area contributed by atoms with E-state index in [0.717, 1.165) is 25.8 Å². The van der Waals surface area contributed by atoms with Gasteiger partial charge in [0.1, 0.15) is 0 Å². The smallest absolute Gasteiger partial charge is 0.159 e. The quantitative estimate of drug-likeness (QED) is 0.675. The van der Waals surface area contributed by atoms with Crippen molar-refractivity contribution in [3.8, 4) is 0 Å². The molecule has 0 aliphatic carbocycles. The number of para-hydroxylation sites is 1. The number of aliphatic hydroxyl groups is 1. The van der Waals surface area contributed by atoms with Crippen molar-refractivity contribution in [2.75, 3.05) is 6.61 Å². The molecule has 2 bridgehead atoms. The Hall–Kier alpha value is -2.14. The number of aliphatic hydroxyl groups excluding tert-OH is 1. The fraction of sp³-hybridized carbons (Fsp3) is 0.481. The van der Waals surface area contributed by atoms with Crippen molar-refractivity contribution in [2.24, 2.45) is 24.8 Å². The summed E-state index contributed by atoms with van der Waals surface area (Å²) in [5.41, 5.74) is 5.65. The first-order chi connectivity index (χ1) is 15.2. The van der Waals surface area contributed by atoms with Crippen LogP contribution >= 0.6 is 0 Å². The van der Waals surface area contributed by atoms with Gasteiger partial charge in [-0.05, 0) is 41.9 Å². The van der Waals surface area contributed by atoms with Crippen LogP contribution in [0.3, 0.4) is 0 Å². The molecule has 4 heteroatoms. The zero-order valence-electron chi connectivity index (χ0n) is 18.4. The molecule has 0 saturated carbocycles. The van der Waals surface area contributed by atoms with Crippen LogP contribution in [0.1, 0.15) is 42.6 Å². The molecular formula is C27H32N2O2. The molecule has 6 rings (SSSR count). The molecule has 0 unspecified atom stereocenters. The predicted octanol–water partition coefficient (Wildman–Crippen LogP) is 4.66. The van der Waals surface area contributed by atoms with E-state index in [1.807, 2.05) is 0 Å². The molecule has 31 heavy (non-hydrogen) atoms. The number of hydrogen-bond acceptors (Lipinski definition) is 3. The van der Waals surface area contributed by atoms with Gasteiger partial charge >= 0.3 is 0 Å². The summed E-state index contributed by atoms with van der Waals surface area (Å²) in [6.07, 6.45) is 2.55. The molecule has 6 atom stereocenters. The molecular weight excluding hydrogens is 384 g/mol. The average Bonchev–Trinajstić information content (AvgIpc) is 3.07. The van der Waals surface area contributed by atoms with Crippen molar-refractivity contribution in [3.05, 3.63) is 71.4 Å². The molecule has 2 fully saturated rings. The Morgan fingerprint density at radius 2 is 1.84 bits per heavy atom. The number of aryl methyl sites for hydroxylation is 1. The molecule has 2 saturated heterocycles. The van der Waals surface area contributed by atoms with Gasteiger partial charge in [0, 0.05) is 42.1 Å². The number of rotatable bonds is 3. The largest absolute Gasteiger partial charge is 0.368 e. The maximum Gasteiger partial charge on any atom is 0.159 e. The Balaban J connectivity index is 1.51. The van der Waals surface area contributed by atoms with Crippen molar-refractivity contribution >= 4 is 10.9 Å². The Bertz CT molecular complexity index is 1090. The van der Waals surface area contributed by atoms with Gasteiger partial charge in [0.15, 0.2) is 6.29 Å².